The van der Waals surface area contributed by atoms with E-state index in [0.29, 0.717) is 55.1 Å². The van der Waals surface area contributed by atoms with Crippen LogP contribution >= 0.6 is 0 Å². The number of pyridine rings is 1. The molecule has 2 aliphatic heterocycles. The Hall–Kier alpha value is -3.09. The molecule has 1 fully saturated rings. The smallest absolute Gasteiger partial charge is 0.255 e. The zero-order valence-corrected chi connectivity index (χ0v) is 16.0. The van der Waals surface area contributed by atoms with E-state index in [1.165, 1.54) is 0 Å². The molecule has 28 heavy (non-hydrogen) atoms. The lowest BCUT2D eigenvalue weighted by Crippen LogP contribution is -2.54. The minimum atomic E-state index is -0.532. The maximum absolute atomic E-state index is 12.7. The molecule has 0 atom stereocenters. The number of carbonyl (C=O) groups is 2. The molecule has 1 aromatic carbocycles. The van der Waals surface area contributed by atoms with Crippen LogP contribution in [0.4, 0.5) is 0 Å². The summed E-state index contributed by atoms with van der Waals surface area (Å²) in [6, 6.07) is 8.85. The van der Waals surface area contributed by atoms with E-state index in [9.17, 15) is 9.59 Å². The van der Waals surface area contributed by atoms with Crippen molar-refractivity contribution in [3.05, 3.63) is 53.3 Å². The van der Waals surface area contributed by atoms with E-state index in [1.54, 1.807) is 37.6 Å². The summed E-state index contributed by atoms with van der Waals surface area (Å²) in [6.07, 6.45) is 2.89. The fourth-order valence-corrected chi connectivity index (χ4v) is 3.68. The molecule has 1 spiro atoms. The normalized spacial score (nSPS) is 17.9. The molecule has 4 rings (SSSR count). The number of rotatable bonds is 2. The average molecular weight is 381 g/mol. The van der Waals surface area contributed by atoms with Crippen molar-refractivity contribution < 1.29 is 19.1 Å². The first-order chi connectivity index (χ1) is 13.5. The van der Waals surface area contributed by atoms with Gasteiger partial charge in [-0.1, -0.05) is 0 Å². The number of benzene rings is 1. The summed E-state index contributed by atoms with van der Waals surface area (Å²) in [5.41, 5.74) is 1.44. The summed E-state index contributed by atoms with van der Waals surface area (Å²) in [4.78, 5) is 31.2. The number of hydrogen-bond donors (Lipinski definition) is 1. The third kappa shape index (κ3) is 3.40. The maximum atomic E-state index is 12.7. The Morgan fingerprint density at radius 3 is 2.71 bits per heavy atom. The molecule has 2 amide bonds. The molecule has 146 valence electrons. The fourth-order valence-electron chi connectivity index (χ4n) is 3.68. The van der Waals surface area contributed by atoms with Gasteiger partial charge in [0.15, 0.2) is 0 Å². The summed E-state index contributed by atoms with van der Waals surface area (Å²) in [5.74, 6) is 0.987. The molecule has 7 nitrogen and oxygen atoms in total. The van der Waals surface area contributed by atoms with Crippen LogP contribution in [0.1, 0.15) is 39.3 Å². The lowest BCUT2D eigenvalue weighted by atomic mass is 9.90. The SMILES string of the molecule is COc1ccc2c(c1)OC1(CCN(C(=O)c3ccc(C)nc3)CC1)CNC2=O. The molecular weight excluding hydrogens is 358 g/mol. The number of hydrogen-bond acceptors (Lipinski definition) is 5. The molecule has 2 aromatic rings. The van der Waals surface area contributed by atoms with Crippen LogP contribution < -0.4 is 14.8 Å². The molecule has 7 heteroatoms. The summed E-state index contributed by atoms with van der Waals surface area (Å²) < 4.78 is 11.6. The molecule has 3 heterocycles. The molecule has 1 aromatic heterocycles. The Labute approximate surface area is 163 Å². The molecular formula is C21H23N3O4. The quantitative estimate of drug-likeness (QED) is 0.863. The minimum absolute atomic E-state index is 0.0259. The van der Waals surface area contributed by atoms with Crippen LogP contribution in [0.5, 0.6) is 11.5 Å². The van der Waals surface area contributed by atoms with E-state index in [1.807, 2.05) is 17.9 Å². The van der Waals surface area contributed by atoms with Crippen LogP contribution in [0.3, 0.4) is 0 Å². The van der Waals surface area contributed by atoms with Gasteiger partial charge in [-0.3, -0.25) is 14.6 Å². The standard InChI is InChI=1S/C21H23N3O4/c1-14-3-4-15(12-22-14)20(26)24-9-7-21(8-10-24)13-23-19(25)17-6-5-16(27-2)11-18(17)28-21/h3-6,11-12H,7-10,13H2,1-2H3,(H,23,25). The number of carbonyl (C=O) groups excluding carboxylic acids is 2. The Balaban J connectivity index is 1.50. The summed E-state index contributed by atoms with van der Waals surface area (Å²) in [7, 11) is 1.58. The number of methoxy groups -OCH3 is 1. The molecule has 2 aliphatic rings. The third-order valence-electron chi connectivity index (χ3n) is 5.45. The predicted molar refractivity (Wildman–Crippen MR) is 103 cm³/mol. The van der Waals surface area contributed by atoms with Crippen molar-refractivity contribution in [3.63, 3.8) is 0 Å². The van der Waals surface area contributed by atoms with Gasteiger partial charge in [-0.05, 0) is 31.2 Å². The van der Waals surface area contributed by atoms with Crippen LogP contribution in [0.2, 0.25) is 0 Å². The van der Waals surface area contributed by atoms with Gasteiger partial charge in [0.2, 0.25) is 0 Å². The molecule has 1 N–H and O–H groups in total. The minimum Gasteiger partial charge on any atom is -0.497 e. The van der Waals surface area contributed by atoms with Gasteiger partial charge in [0, 0.05) is 43.9 Å². The monoisotopic (exact) mass is 381 g/mol. The molecule has 0 saturated carbocycles. The number of amides is 2. The van der Waals surface area contributed by atoms with Gasteiger partial charge in [0.05, 0.1) is 24.8 Å². The van der Waals surface area contributed by atoms with Gasteiger partial charge in [-0.2, -0.15) is 0 Å². The van der Waals surface area contributed by atoms with Crippen molar-refractivity contribution in [2.75, 3.05) is 26.7 Å². The molecule has 0 radical (unpaired) electrons. The van der Waals surface area contributed by atoms with Gasteiger partial charge >= 0.3 is 0 Å². The van der Waals surface area contributed by atoms with Gasteiger partial charge in [0.1, 0.15) is 17.1 Å². The number of aryl methyl sites for hydroxylation is 1. The van der Waals surface area contributed by atoms with E-state index >= 15 is 0 Å². The topological polar surface area (TPSA) is 80.8 Å². The number of nitrogens with one attached hydrogen (secondary N) is 1. The van der Waals surface area contributed by atoms with Crippen molar-refractivity contribution in [1.29, 1.82) is 0 Å². The highest BCUT2D eigenvalue weighted by molar-refractivity contribution is 5.97. The molecule has 0 bridgehead atoms. The second kappa shape index (κ2) is 7.14. The Bertz CT molecular complexity index is 902. The third-order valence-corrected chi connectivity index (χ3v) is 5.45. The molecule has 0 unspecified atom stereocenters. The number of likely N-dealkylation sites (tertiary alicyclic amines) is 1. The van der Waals surface area contributed by atoms with Crippen molar-refractivity contribution in [2.24, 2.45) is 0 Å². The van der Waals surface area contributed by atoms with Crippen LogP contribution in [0.25, 0.3) is 0 Å². The number of ether oxygens (including phenoxy) is 2. The van der Waals surface area contributed by atoms with Crippen LogP contribution in [0, 0.1) is 6.92 Å². The van der Waals surface area contributed by atoms with Crippen molar-refractivity contribution in [2.45, 2.75) is 25.4 Å². The highest BCUT2D eigenvalue weighted by Crippen LogP contribution is 2.35. The Morgan fingerprint density at radius 1 is 1.25 bits per heavy atom. The van der Waals surface area contributed by atoms with E-state index < -0.39 is 5.60 Å². The largest absolute Gasteiger partial charge is 0.497 e. The summed E-state index contributed by atoms with van der Waals surface area (Å²) >= 11 is 0. The average Bonchev–Trinajstić information content (AvgIpc) is 2.85. The molecule has 1 saturated heterocycles. The summed E-state index contributed by atoms with van der Waals surface area (Å²) in [6.45, 7) is 3.42. The van der Waals surface area contributed by atoms with Gasteiger partial charge in [-0.25, -0.2) is 0 Å². The van der Waals surface area contributed by atoms with Crippen molar-refractivity contribution in [1.82, 2.24) is 15.2 Å². The fraction of sp³-hybridized carbons (Fsp3) is 0.381. The number of aromatic nitrogens is 1. The van der Waals surface area contributed by atoms with Crippen LogP contribution in [-0.4, -0.2) is 54.0 Å². The Kier molecular flexibility index (Phi) is 4.66. The number of piperidine rings is 1. The second-order valence-electron chi connectivity index (χ2n) is 7.31. The van der Waals surface area contributed by atoms with Gasteiger partial charge in [-0.15, -0.1) is 0 Å². The van der Waals surface area contributed by atoms with Crippen molar-refractivity contribution >= 4 is 11.8 Å². The van der Waals surface area contributed by atoms with E-state index in [-0.39, 0.29) is 11.8 Å². The lowest BCUT2D eigenvalue weighted by molar-refractivity contribution is 0.00761. The van der Waals surface area contributed by atoms with Gasteiger partial charge in [0.25, 0.3) is 11.8 Å². The van der Waals surface area contributed by atoms with Crippen molar-refractivity contribution in [3.8, 4) is 11.5 Å². The first-order valence-corrected chi connectivity index (χ1v) is 9.37. The van der Waals surface area contributed by atoms with E-state index in [0.717, 1.165) is 5.69 Å². The lowest BCUT2D eigenvalue weighted by Gasteiger charge is -2.41. The maximum Gasteiger partial charge on any atom is 0.255 e. The second-order valence-corrected chi connectivity index (χ2v) is 7.31. The highest BCUT2D eigenvalue weighted by atomic mass is 16.5. The van der Waals surface area contributed by atoms with E-state index in [2.05, 4.69) is 10.3 Å². The Morgan fingerprint density at radius 2 is 2.04 bits per heavy atom. The summed E-state index contributed by atoms with van der Waals surface area (Å²) in [5, 5.41) is 2.96. The van der Waals surface area contributed by atoms with E-state index in [4.69, 9.17) is 9.47 Å². The first-order valence-electron chi connectivity index (χ1n) is 9.37. The predicted octanol–water partition coefficient (Wildman–Crippen LogP) is 2.20. The molecule has 0 aliphatic carbocycles. The van der Waals surface area contributed by atoms with Crippen LogP contribution in [0.15, 0.2) is 36.5 Å². The highest BCUT2D eigenvalue weighted by Gasteiger charge is 2.41. The van der Waals surface area contributed by atoms with Gasteiger partial charge < -0.3 is 19.7 Å². The zero-order chi connectivity index (χ0) is 19.7. The van der Waals surface area contributed by atoms with Crippen LogP contribution in [-0.2, 0) is 0 Å². The first kappa shape index (κ1) is 18.3. The number of nitrogens with zero attached hydrogens (tertiary/aromatic N) is 2. The zero-order valence-electron chi connectivity index (χ0n) is 16.0. The number of fused-ring (bicyclic) bond motifs is 1.